The molecule has 3 rings (SSSR count). The Morgan fingerprint density at radius 2 is 1.86 bits per heavy atom. The van der Waals surface area contributed by atoms with Gasteiger partial charge in [-0.05, 0) is 31.5 Å². The van der Waals surface area contributed by atoms with Crippen LogP contribution in [-0.4, -0.2) is 31.7 Å². The molecule has 2 saturated heterocycles. The fourth-order valence-corrected chi connectivity index (χ4v) is 2.76. The molecular weight excluding hydrogens is 268 g/mol. The molecular formula is C16H22N2O3. The van der Waals surface area contributed by atoms with E-state index in [2.05, 4.69) is 10.6 Å². The highest BCUT2D eigenvalue weighted by molar-refractivity contribution is 5.94. The number of carbonyl (C=O) groups excluding carboxylic acids is 1. The van der Waals surface area contributed by atoms with Gasteiger partial charge in [0.1, 0.15) is 0 Å². The highest BCUT2D eigenvalue weighted by atomic mass is 16.7. The third-order valence-corrected chi connectivity index (χ3v) is 3.95. The minimum absolute atomic E-state index is 0.0537. The maximum atomic E-state index is 12.2. The third-order valence-electron chi connectivity index (χ3n) is 3.95. The maximum absolute atomic E-state index is 12.2. The average Bonchev–Trinajstić information content (AvgIpc) is 2.90. The lowest BCUT2D eigenvalue weighted by Crippen LogP contribution is -2.39. The molecule has 0 aromatic heterocycles. The van der Waals surface area contributed by atoms with Crippen LogP contribution in [0.4, 0.5) is 5.69 Å². The van der Waals surface area contributed by atoms with E-state index in [1.807, 2.05) is 24.3 Å². The molecule has 1 amide bonds. The normalized spacial score (nSPS) is 23.7. The molecule has 114 valence electrons. The van der Waals surface area contributed by atoms with Crippen molar-refractivity contribution in [3.8, 4) is 0 Å². The van der Waals surface area contributed by atoms with Crippen molar-refractivity contribution in [1.29, 1.82) is 0 Å². The standard InChI is InChI=1S/C16H22N2O3/c19-15(14-4-2-1-3-9-17-14)18-13-7-5-12(6-8-13)16-20-10-11-21-16/h5-8,14,16-17H,1-4,9-11H2,(H,18,19). The molecule has 1 aromatic rings. The van der Waals surface area contributed by atoms with Crippen molar-refractivity contribution < 1.29 is 14.3 Å². The summed E-state index contributed by atoms with van der Waals surface area (Å²) in [4.78, 5) is 12.2. The number of ether oxygens (including phenoxy) is 2. The van der Waals surface area contributed by atoms with Crippen molar-refractivity contribution in [2.24, 2.45) is 0 Å². The van der Waals surface area contributed by atoms with Crippen LogP contribution in [0.15, 0.2) is 24.3 Å². The molecule has 2 aliphatic heterocycles. The Bertz CT molecular complexity index is 461. The van der Waals surface area contributed by atoms with E-state index in [4.69, 9.17) is 9.47 Å². The summed E-state index contributed by atoms with van der Waals surface area (Å²) in [5, 5.41) is 6.28. The van der Waals surface area contributed by atoms with E-state index >= 15 is 0 Å². The van der Waals surface area contributed by atoms with E-state index in [0.29, 0.717) is 13.2 Å². The lowest BCUT2D eigenvalue weighted by Gasteiger charge is -2.16. The van der Waals surface area contributed by atoms with Crippen molar-refractivity contribution in [2.45, 2.75) is 38.0 Å². The first kappa shape index (κ1) is 14.5. The molecule has 2 N–H and O–H groups in total. The number of anilines is 1. The molecule has 0 spiro atoms. The molecule has 2 heterocycles. The minimum Gasteiger partial charge on any atom is -0.346 e. The van der Waals surface area contributed by atoms with Crippen LogP contribution in [0.3, 0.4) is 0 Å². The second-order valence-corrected chi connectivity index (χ2v) is 5.54. The van der Waals surface area contributed by atoms with Gasteiger partial charge >= 0.3 is 0 Å². The van der Waals surface area contributed by atoms with E-state index in [0.717, 1.165) is 37.1 Å². The van der Waals surface area contributed by atoms with Crippen LogP contribution < -0.4 is 10.6 Å². The van der Waals surface area contributed by atoms with Gasteiger partial charge in [-0.15, -0.1) is 0 Å². The topological polar surface area (TPSA) is 59.6 Å². The predicted octanol–water partition coefficient (Wildman–Crippen LogP) is 2.20. The van der Waals surface area contributed by atoms with Gasteiger partial charge in [-0.2, -0.15) is 0 Å². The first-order valence-electron chi connectivity index (χ1n) is 7.70. The lowest BCUT2D eigenvalue weighted by molar-refractivity contribution is -0.118. The van der Waals surface area contributed by atoms with Gasteiger partial charge in [-0.25, -0.2) is 0 Å². The highest BCUT2D eigenvalue weighted by Crippen LogP contribution is 2.24. The summed E-state index contributed by atoms with van der Waals surface area (Å²) in [5.41, 5.74) is 1.80. The molecule has 1 unspecified atom stereocenters. The molecule has 5 nitrogen and oxygen atoms in total. The summed E-state index contributed by atoms with van der Waals surface area (Å²) in [6.45, 7) is 2.19. The van der Waals surface area contributed by atoms with E-state index in [1.165, 1.54) is 6.42 Å². The van der Waals surface area contributed by atoms with Crippen molar-refractivity contribution >= 4 is 11.6 Å². The average molecular weight is 290 g/mol. The number of rotatable bonds is 3. The van der Waals surface area contributed by atoms with E-state index in [-0.39, 0.29) is 18.2 Å². The van der Waals surface area contributed by atoms with Gasteiger partial charge < -0.3 is 20.1 Å². The summed E-state index contributed by atoms with van der Waals surface area (Å²) in [6.07, 6.45) is 4.11. The molecule has 0 radical (unpaired) electrons. The molecule has 2 aliphatic rings. The van der Waals surface area contributed by atoms with Crippen molar-refractivity contribution in [3.63, 3.8) is 0 Å². The Balaban J connectivity index is 1.57. The van der Waals surface area contributed by atoms with Crippen LogP contribution in [0.2, 0.25) is 0 Å². The van der Waals surface area contributed by atoms with Crippen LogP contribution >= 0.6 is 0 Å². The zero-order valence-electron chi connectivity index (χ0n) is 12.1. The van der Waals surface area contributed by atoms with Crippen molar-refractivity contribution in [2.75, 3.05) is 25.1 Å². The number of benzene rings is 1. The Morgan fingerprint density at radius 3 is 2.62 bits per heavy atom. The van der Waals surface area contributed by atoms with Crippen molar-refractivity contribution in [1.82, 2.24) is 5.32 Å². The first-order chi connectivity index (χ1) is 10.3. The van der Waals surface area contributed by atoms with Crippen LogP contribution in [-0.2, 0) is 14.3 Å². The highest BCUT2D eigenvalue weighted by Gasteiger charge is 2.20. The maximum Gasteiger partial charge on any atom is 0.241 e. The van der Waals surface area contributed by atoms with Gasteiger partial charge in [0.15, 0.2) is 6.29 Å². The van der Waals surface area contributed by atoms with Crippen LogP contribution in [0.5, 0.6) is 0 Å². The van der Waals surface area contributed by atoms with Gasteiger partial charge in [-0.1, -0.05) is 25.0 Å². The van der Waals surface area contributed by atoms with Gasteiger partial charge in [0.2, 0.25) is 5.91 Å². The Kier molecular flexibility index (Phi) is 4.85. The molecule has 0 bridgehead atoms. The second kappa shape index (κ2) is 7.02. The van der Waals surface area contributed by atoms with Gasteiger partial charge in [0.05, 0.1) is 19.3 Å². The van der Waals surface area contributed by atoms with E-state index in [9.17, 15) is 4.79 Å². The number of hydrogen-bond acceptors (Lipinski definition) is 4. The zero-order valence-corrected chi connectivity index (χ0v) is 12.1. The van der Waals surface area contributed by atoms with E-state index in [1.54, 1.807) is 0 Å². The Labute approximate surface area is 125 Å². The molecule has 2 fully saturated rings. The van der Waals surface area contributed by atoms with Gasteiger partial charge in [-0.3, -0.25) is 4.79 Å². The van der Waals surface area contributed by atoms with Gasteiger partial charge in [0.25, 0.3) is 0 Å². The second-order valence-electron chi connectivity index (χ2n) is 5.54. The fourth-order valence-electron chi connectivity index (χ4n) is 2.76. The molecule has 5 heteroatoms. The number of nitrogens with one attached hydrogen (secondary N) is 2. The minimum atomic E-state index is -0.265. The number of hydrogen-bond donors (Lipinski definition) is 2. The van der Waals surface area contributed by atoms with Gasteiger partial charge in [0, 0.05) is 11.3 Å². The summed E-state index contributed by atoms with van der Waals surface area (Å²) in [7, 11) is 0. The summed E-state index contributed by atoms with van der Waals surface area (Å²) in [5.74, 6) is 0.0537. The lowest BCUT2D eigenvalue weighted by atomic mass is 10.1. The van der Waals surface area contributed by atoms with E-state index < -0.39 is 0 Å². The van der Waals surface area contributed by atoms with Crippen LogP contribution in [0.1, 0.15) is 37.5 Å². The predicted molar refractivity (Wildman–Crippen MR) is 80.0 cm³/mol. The number of amides is 1. The fraction of sp³-hybridized carbons (Fsp3) is 0.562. The monoisotopic (exact) mass is 290 g/mol. The summed E-state index contributed by atoms with van der Waals surface area (Å²) >= 11 is 0. The molecule has 0 saturated carbocycles. The Hall–Kier alpha value is -1.43. The van der Waals surface area contributed by atoms with Crippen LogP contribution in [0.25, 0.3) is 0 Å². The largest absolute Gasteiger partial charge is 0.346 e. The Morgan fingerprint density at radius 1 is 1.10 bits per heavy atom. The quantitative estimate of drug-likeness (QED) is 0.896. The molecule has 0 aliphatic carbocycles. The third kappa shape index (κ3) is 3.81. The van der Waals surface area contributed by atoms with Crippen LogP contribution in [0, 0.1) is 0 Å². The molecule has 21 heavy (non-hydrogen) atoms. The summed E-state index contributed by atoms with van der Waals surface area (Å²) in [6, 6.07) is 7.59. The number of carbonyl (C=O) groups is 1. The van der Waals surface area contributed by atoms with Crippen molar-refractivity contribution in [3.05, 3.63) is 29.8 Å². The smallest absolute Gasteiger partial charge is 0.241 e. The summed E-state index contributed by atoms with van der Waals surface area (Å²) < 4.78 is 10.9. The SMILES string of the molecule is O=C(Nc1ccc(C2OCCO2)cc1)C1CCCCCN1. The molecule has 1 aromatic carbocycles. The zero-order chi connectivity index (χ0) is 14.5. The first-order valence-corrected chi connectivity index (χ1v) is 7.70. The molecule has 1 atom stereocenters.